The molecular formula is C21H25F3N2O3. The van der Waals surface area contributed by atoms with Crippen LogP contribution in [0.1, 0.15) is 31.2 Å². The van der Waals surface area contributed by atoms with E-state index < -0.39 is 36.1 Å². The number of alkyl halides is 3. The maximum atomic E-state index is 13.6. The van der Waals surface area contributed by atoms with Crippen LogP contribution in [-0.2, 0) is 15.0 Å². The Bertz CT molecular complexity index is 773. The molecule has 2 aliphatic heterocycles. The van der Waals surface area contributed by atoms with E-state index in [0.29, 0.717) is 25.9 Å². The van der Waals surface area contributed by atoms with Crippen LogP contribution in [0.4, 0.5) is 13.2 Å². The van der Waals surface area contributed by atoms with Gasteiger partial charge in [0.15, 0.2) is 5.60 Å². The van der Waals surface area contributed by atoms with Crippen molar-refractivity contribution >= 4 is 11.8 Å². The maximum Gasteiger partial charge on any atom is 0.418 e. The molecule has 2 saturated heterocycles. The highest BCUT2D eigenvalue weighted by atomic mass is 19.4. The minimum atomic E-state index is -4.80. The summed E-state index contributed by atoms with van der Waals surface area (Å²) in [4.78, 5) is 28.2. The normalized spacial score (nSPS) is 24.8. The highest BCUT2D eigenvalue weighted by molar-refractivity contribution is 5.90. The molecule has 1 N–H and O–H groups in total. The molecule has 2 heterocycles. The summed E-state index contributed by atoms with van der Waals surface area (Å²) in [6, 6.07) is 8.97. The van der Waals surface area contributed by atoms with Gasteiger partial charge in [-0.15, -0.1) is 0 Å². The van der Waals surface area contributed by atoms with Crippen molar-refractivity contribution in [2.24, 2.45) is 0 Å². The summed E-state index contributed by atoms with van der Waals surface area (Å²) >= 11 is 0. The lowest BCUT2D eigenvalue weighted by Crippen LogP contribution is -2.62. The van der Waals surface area contributed by atoms with Gasteiger partial charge >= 0.3 is 6.18 Å². The number of hydrogen-bond donors (Lipinski definition) is 1. The van der Waals surface area contributed by atoms with Gasteiger partial charge in [-0.1, -0.05) is 36.9 Å². The number of rotatable bonds is 3. The number of halogens is 3. The molecule has 1 unspecified atom stereocenters. The van der Waals surface area contributed by atoms with E-state index in [0.717, 1.165) is 10.5 Å². The van der Waals surface area contributed by atoms with E-state index in [1.165, 1.54) is 6.08 Å². The largest absolute Gasteiger partial charge is 0.418 e. The van der Waals surface area contributed by atoms with Crippen LogP contribution in [0.25, 0.3) is 0 Å². The van der Waals surface area contributed by atoms with Gasteiger partial charge in [-0.05, 0) is 37.3 Å². The number of likely N-dealkylation sites (tertiary alicyclic amines) is 2. The van der Waals surface area contributed by atoms with Crippen LogP contribution in [0.5, 0.6) is 0 Å². The predicted molar refractivity (Wildman–Crippen MR) is 101 cm³/mol. The smallest absolute Gasteiger partial charge is 0.379 e. The lowest BCUT2D eigenvalue weighted by molar-refractivity contribution is -0.273. The fraction of sp³-hybridized carbons (Fsp3) is 0.524. The maximum absolute atomic E-state index is 13.6. The summed E-state index contributed by atoms with van der Waals surface area (Å²) in [5.41, 5.74) is -3.20. The first-order chi connectivity index (χ1) is 13.6. The number of piperidine rings is 2. The number of benzene rings is 1. The molecule has 29 heavy (non-hydrogen) atoms. The first-order valence-corrected chi connectivity index (χ1v) is 9.68. The quantitative estimate of drug-likeness (QED) is 0.780. The van der Waals surface area contributed by atoms with Crippen LogP contribution in [0.2, 0.25) is 0 Å². The first-order valence-electron chi connectivity index (χ1n) is 9.68. The average molecular weight is 410 g/mol. The molecule has 0 radical (unpaired) electrons. The van der Waals surface area contributed by atoms with Crippen LogP contribution < -0.4 is 0 Å². The fourth-order valence-electron chi connectivity index (χ4n) is 4.36. The molecule has 2 aliphatic rings. The van der Waals surface area contributed by atoms with Crippen molar-refractivity contribution in [3.63, 3.8) is 0 Å². The molecule has 1 atom stereocenters. The van der Waals surface area contributed by atoms with Crippen LogP contribution in [-0.4, -0.2) is 64.7 Å². The third kappa shape index (κ3) is 3.90. The van der Waals surface area contributed by atoms with E-state index in [-0.39, 0.29) is 18.9 Å². The summed E-state index contributed by atoms with van der Waals surface area (Å²) in [6.45, 7) is 3.50. The summed E-state index contributed by atoms with van der Waals surface area (Å²) in [6.07, 6.45) is -3.32. The summed E-state index contributed by atoms with van der Waals surface area (Å²) < 4.78 is 40.1. The Morgan fingerprint density at radius 3 is 2.21 bits per heavy atom. The first kappa shape index (κ1) is 21.4. The second-order valence-electron chi connectivity index (χ2n) is 7.84. The molecule has 5 nitrogen and oxygen atoms in total. The van der Waals surface area contributed by atoms with Gasteiger partial charge in [-0.2, -0.15) is 13.2 Å². The van der Waals surface area contributed by atoms with E-state index in [9.17, 15) is 27.9 Å². The third-order valence-corrected chi connectivity index (χ3v) is 6.12. The zero-order valence-corrected chi connectivity index (χ0v) is 16.1. The van der Waals surface area contributed by atoms with Crippen LogP contribution in [0.3, 0.4) is 0 Å². The lowest BCUT2D eigenvalue weighted by atomic mass is 9.71. The molecular weight excluding hydrogens is 385 g/mol. The Morgan fingerprint density at radius 2 is 1.66 bits per heavy atom. The number of β-amino-alcohol motifs (C(OH)–C–C–N with tert-alkyl or cyclic N) is 1. The predicted octanol–water partition coefficient (Wildman–Crippen LogP) is 2.65. The van der Waals surface area contributed by atoms with Gasteiger partial charge in [0, 0.05) is 19.6 Å². The Hall–Kier alpha value is -2.35. The lowest BCUT2D eigenvalue weighted by Gasteiger charge is -2.47. The van der Waals surface area contributed by atoms with E-state index in [4.69, 9.17) is 0 Å². The van der Waals surface area contributed by atoms with E-state index in [1.54, 1.807) is 35.2 Å². The van der Waals surface area contributed by atoms with Crippen molar-refractivity contribution in [2.45, 2.75) is 42.9 Å². The van der Waals surface area contributed by atoms with Crippen molar-refractivity contribution in [1.29, 1.82) is 0 Å². The van der Waals surface area contributed by atoms with Crippen molar-refractivity contribution in [3.05, 3.63) is 48.6 Å². The van der Waals surface area contributed by atoms with E-state index in [2.05, 4.69) is 6.58 Å². The van der Waals surface area contributed by atoms with Gasteiger partial charge in [-0.25, -0.2) is 0 Å². The zero-order valence-electron chi connectivity index (χ0n) is 16.1. The standard InChI is InChI=1S/C21H25F3N2O3/c1-2-17(27)25-13-10-19(11-14-25,16-7-4-3-5-8-16)18(28)26-12-6-9-20(29,15-26)21(22,23)24/h2-5,7-8,29H,1,6,9-15H2. The van der Waals surface area contributed by atoms with Crippen LogP contribution in [0.15, 0.2) is 43.0 Å². The van der Waals surface area contributed by atoms with Crippen molar-refractivity contribution in [1.82, 2.24) is 9.80 Å². The molecule has 0 saturated carbocycles. The highest BCUT2D eigenvalue weighted by Gasteiger charge is 2.57. The number of aliphatic hydroxyl groups is 1. The number of hydrogen-bond acceptors (Lipinski definition) is 3. The van der Waals surface area contributed by atoms with Gasteiger partial charge in [-0.3, -0.25) is 9.59 Å². The second-order valence-corrected chi connectivity index (χ2v) is 7.84. The Kier molecular flexibility index (Phi) is 5.76. The molecule has 1 aromatic rings. The molecule has 0 spiro atoms. The third-order valence-electron chi connectivity index (χ3n) is 6.12. The monoisotopic (exact) mass is 410 g/mol. The molecule has 0 aromatic heterocycles. The Labute approximate surface area is 167 Å². The number of nitrogens with zero attached hydrogens (tertiary/aromatic N) is 2. The summed E-state index contributed by atoms with van der Waals surface area (Å²) in [5, 5.41) is 10.1. The molecule has 0 bridgehead atoms. The fourth-order valence-corrected chi connectivity index (χ4v) is 4.36. The molecule has 0 aliphatic carbocycles. The SMILES string of the molecule is C=CC(=O)N1CCC(C(=O)N2CCCC(O)(C(F)(F)F)C2)(c2ccccc2)CC1. The molecule has 1 aromatic carbocycles. The van der Waals surface area contributed by atoms with E-state index >= 15 is 0 Å². The molecule has 2 fully saturated rings. The molecule has 3 rings (SSSR count). The molecule has 158 valence electrons. The van der Waals surface area contributed by atoms with Gasteiger partial charge in [0.1, 0.15) is 0 Å². The van der Waals surface area contributed by atoms with Gasteiger partial charge in [0.05, 0.1) is 12.0 Å². The number of carbonyl (C=O) groups excluding carboxylic acids is 2. The Balaban J connectivity index is 1.90. The van der Waals surface area contributed by atoms with Crippen LogP contribution >= 0.6 is 0 Å². The molecule has 8 heteroatoms. The minimum absolute atomic E-state index is 0.0771. The van der Waals surface area contributed by atoms with Gasteiger partial charge in [0.25, 0.3) is 0 Å². The second kappa shape index (κ2) is 7.82. The number of carbonyl (C=O) groups is 2. The van der Waals surface area contributed by atoms with Gasteiger partial charge < -0.3 is 14.9 Å². The number of amides is 2. The molecule has 2 amide bonds. The van der Waals surface area contributed by atoms with Crippen molar-refractivity contribution in [3.8, 4) is 0 Å². The summed E-state index contributed by atoms with van der Waals surface area (Å²) in [7, 11) is 0. The van der Waals surface area contributed by atoms with E-state index in [1.807, 2.05) is 0 Å². The topological polar surface area (TPSA) is 60.9 Å². The minimum Gasteiger partial charge on any atom is -0.379 e. The Morgan fingerprint density at radius 1 is 1.03 bits per heavy atom. The van der Waals surface area contributed by atoms with Crippen molar-refractivity contribution < 1.29 is 27.9 Å². The van der Waals surface area contributed by atoms with Crippen molar-refractivity contribution in [2.75, 3.05) is 26.2 Å². The average Bonchev–Trinajstić information content (AvgIpc) is 2.72. The van der Waals surface area contributed by atoms with Crippen LogP contribution in [0, 0.1) is 0 Å². The van der Waals surface area contributed by atoms with Gasteiger partial charge in [0.2, 0.25) is 11.8 Å². The highest BCUT2D eigenvalue weighted by Crippen LogP contribution is 2.41. The summed E-state index contributed by atoms with van der Waals surface area (Å²) in [5.74, 6) is -0.652. The zero-order chi connectivity index (χ0) is 21.3.